The first-order valence-corrected chi connectivity index (χ1v) is 10.1. The average Bonchev–Trinajstić information content (AvgIpc) is 3.42. The van der Waals surface area contributed by atoms with Crippen LogP contribution in [0.4, 0.5) is 23.3 Å². The molecule has 1 N–H and O–H groups in total. The Morgan fingerprint density at radius 1 is 0.929 bits per heavy atom. The fraction of sp³-hybridized carbons (Fsp3) is 0.476. The lowest BCUT2D eigenvalue weighted by molar-refractivity contribution is 0.871. The second kappa shape index (κ2) is 8.46. The Kier molecular flexibility index (Phi) is 5.60. The van der Waals surface area contributed by atoms with E-state index in [1.807, 2.05) is 26.4 Å². The Morgan fingerprint density at radius 3 is 2.21 bits per heavy atom. The fourth-order valence-corrected chi connectivity index (χ4v) is 3.68. The Labute approximate surface area is 167 Å². The van der Waals surface area contributed by atoms with Gasteiger partial charge in [-0.1, -0.05) is 12.1 Å². The number of hydrazone groups is 1. The van der Waals surface area contributed by atoms with Crippen LogP contribution < -0.4 is 20.1 Å². The second-order valence-corrected chi connectivity index (χ2v) is 7.66. The van der Waals surface area contributed by atoms with Gasteiger partial charge in [-0.25, -0.2) is 0 Å². The molecule has 0 atom stereocenters. The highest BCUT2D eigenvalue weighted by Gasteiger charge is 2.20. The normalized spacial score (nSPS) is 16.9. The van der Waals surface area contributed by atoms with Crippen molar-refractivity contribution in [1.29, 1.82) is 0 Å². The zero-order chi connectivity index (χ0) is 19.3. The summed E-state index contributed by atoms with van der Waals surface area (Å²) in [5.41, 5.74) is 5.33. The van der Waals surface area contributed by atoms with E-state index >= 15 is 0 Å². The minimum Gasteiger partial charge on any atom is -0.378 e. The van der Waals surface area contributed by atoms with Crippen LogP contribution in [0.25, 0.3) is 0 Å². The monoisotopic (exact) mass is 379 g/mol. The number of nitrogens with one attached hydrogen (secondary N) is 1. The number of benzene rings is 1. The summed E-state index contributed by atoms with van der Waals surface area (Å²) in [6.07, 6.45) is 6.70. The molecule has 0 bridgehead atoms. The highest BCUT2D eigenvalue weighted by atomic mass is 15.4. The van der Waals surface area contributed by atoms with Crippen LogP contribution in [0.15, 0.2) is 35.4 Å². The van der Waals surface area contributed by atoms with Gasteiger partial charge in [0.1, 0.15) is 5.82 Å². The van der Waals surface area contributed by atoms with E-state index in [9.17, 15) is 0 Å². The molecule has 2 aliphatic heterocycles. The molecule has 7 nitrogen and oxygen atoms in total. The van der Waals surface area contributed by atoms with E-state index < -0.39 is 0 Å². The number of rotatable bonds is 6. The van der Waals surface area contributed by atoms with Crippen molar-refractivity contribution in [3.05, 3.63) is 35.9 Å². The van der Waals surface area contributed by atoms with Crippen molar-refractivity contribution >= 4 is 29.5 Å². The molecule has 2 aliphatic rings. The standard InChI is InChI=1S/C21H29N7/c1-26(2)18-9-7-17(8-10-18)16-22-25-19-15-20(27-11-3-4-12-27)24-21(23-19)28-13-5-6-14-28/h7-10,15-16H,3-6,11-14H2,1-2H3,(H,23,24,25)/b22-16-. The predicted octanol–water partition coefficient (Wildman–Crippen LogP) is 3.19. The SMILES string of the molecule is CN(C)c1ccc(/C=N\Nc2cc(N3CCCC3)nc(N3CCCC3)n2)cc1. The number of hydrogen-bond donors (Lipinski definition) is 1. The maximum absolute atomic E-state index is 4.83. The van der Waals surface area contributed by atoms with Crippen molar-refractivity contribution in [1.82, 2.24) is 9.97 Å². The molecule has 3 heterocycles. The topological polar surface area (TPSA) is 59.9 Å². The zero-order valence-electron chi connectivity index (χ0n) is 16.8. The maximum Gasteiger partial charge on any atom is 0.229 e. The molecule has 1 aromatic carbocycles. The highest BCUT2D eigenvalue weighted by molar-refractivity contribution is 5.81. The lowest BCUT2D eigenvalue weighted by atomic mass is 10.2. The lowest BCUT2D eigenvalue weighted by Gasteiger charge is -2.21. The maximum atomic E-state index is 4.83. The first kappa shape index (κ1) is 18.5. The quantitative estimate of drug-likeness (QED) is 0.614. The molecule has 148 valence electrons. The van der Waals surface area contributed by atoms with E-state index in [-0.39, 0.29) is 0 Å². The van der Waals surface area contributed by atoms with Crippen molar-refractivity contribution in [2.24, 2.45) is 5.10 Å². The van der Waals surface area contributed by atoms with Crippen LogP contribution in [0, 0.1) is 0 Å². The van der Waals surface area contributed by atoms with Gasteiger partial charge in [0.25, 0.3) is 0 Å². The van der Waals surface area contributed by atoms with Crippen LogP contribution in [0.5, 0.6) is 0 Å². The summed E-state index contributed by atoms with van der Waals surface area (Å²) in [5, 5.41) is 4.41. The van der Waals surface area contributed by atoms with Crippen LogP contribution in [0.1, 0.15) is 31.2 Å². The molecule has 0 aliphatic carbocycles. The lowest BCUT2D eigenvalue weighted by Crippen LogP contribution is -2.24. The van der Waals surface area contributed by atoms with Gasteiger partial charge in [0.05, 0.1) is 6.21 Å². The van der Waals surface area contributed by atoms with Gasteiger partial charge in [-0.15, -0.1) is 0 Å². The van der Waals surface area contributed by atoms with E-state index in [4.69, 9.17) is 9.97 Å². The summed E-state index contributed by atoms with van der Waals surface area (Å²) < 4.78 is 0. The minimum absolute atomic E-state index is 0.750. The molecule has 2 saturated heterocycles. The summed E-state index contributed by atoms with van der Waals surface area (Å²) >= 11 is 0. The number of hydrogen-bond acceptors (Lipinski definition) is 7. The van der Waals surface area contributed by atoms with E-state index in [1.54, 1.807) is 0 Å². The molecule has 0 unspecified atom stereocenters. The molecular formula is C21H29N7. The van der Waals surface area contributed by atoms with Crippen LogP contribution in [0.2, 0.25) is 0 Å². The van der Waals surface area contributed by atoms with Crippen molar-refractivity contribution in [2.75, 3.05) is 60.4 Å². The first-order chi connectivity index (χ1) is 13.7. The van der Waals surface area contributed by atoms with E-state index in [0.717, 1.165) is 49.3 Å². The molecule has 28 heavy (non-hydrogen) atoms. The molecule has 4 rings (SSSR count). The van der Waals surface area contributed by atoms with Crippen LogP contribution in [0.3, 0.4) is 0 Å². The Morgan fingerprint density at radius 2 is 1.57 bits per heavy atom. The molecule has 2 aromatic rings. The van der Waals surface area contributed by atoms with Gasteiger partial charge >= 0.3 is 0 Å². The van der Waals surface area contributed by atoms with Gasteiger partial charge in [-0.3, -0.25) is 5.43 Å². The average molecular weight is 380 g/mol. The van der Waals surface area contributed by atoms with Crippen molar-refractivity contribution in [2.45, 2.75) is 25.7 Å². The molecule has 7 heteroatoms. The summed E-state index contributed by atoms with van der Waals surface area (Å²) in [6.45, 7) is 4.20. The van der Waals surface area contributed by atoms with Gasteiger partial charge in [0, 0.05) is 52.0 Å². The zero-order valence-corrected chi connectivity index (χ0v) is 16.8. The largest absolute Gasteiger partial charge is 0.378 e. The van der Waals surface area contributed by atoms with Gasteiger partial charge in [-0.2, -0.15) is 15.1 Å². The van der Waals surface area contributed by atoms with Gasteiger partial charge in [0.15, 0.2) is 5.82 Å². The molecule has 0 radical (unpaired) electrons. The van der Waals surface area contributed by atoms with Crippen LogP contribution >= 0.6 is 0 Å². The van der Waals surface area contributed by atoms with Crippen LogP contribution in [-0.2, 0) is 0 Å². The molecule has 2 fully saturated rings. The van der Waals surface area contributed by atoms with E-state index in [2.05, 4.69) is 49.5 Å². The Hall–Kier alpha value is -2.83. The summed E-state index contributed by atoms with van der Waals surface area (Å²) in [6, 6.07) is 10.3. The third-order valence-corrected chi connectivity index (χ3v) is 5.32. The molecule has 0 saturated carbocycles. The molecular weight excluding hydrogens is 350 g/mol. The minimum atomic E-state index is 0.750. The Bertz CT molecular complexity index is 770. The summed E-state index contributed by atoms with van der Waals surface area (Å²) in [7, 11) is 4.07. The third-order valence-electron chi connectivity index (χ3n) is 5.32. The van der Waals surface area contributed by atoms with Gasteiger partial charge < -0.3 is 14.7 Å². The number of anilines is 4. The van der Waals surface area contributed by atoms with Crippen LogP contribution in [-0.4, -0.2) is 56.5 Å². The summed E-state index contributed by atoms with van der Waals surface area (Å²) in [5.74, 6) is 2.57. The van der Waals surface area contributed by atoms with Gasteiger partial charge in [-0.05, 0) is 43.4 Å². The van der Waals surface area contributed by atoms with Crippen molar-refractivity contribution < 1.29 is 0 Å². The van der Waals surface area contributed by atoms with E-state index in [0.29, 0.717) is 0 Å². The smallest absolute Gasteiger partial charge is 0.229 e. The Balaban J connectivity index is 1.50. The third kappa shape index (κ3) is 4.35. The van der Waals surface area contributed by atoms with Crippen molar-refractivity contribution in [3.63, 3.8) is 0 Å². The second-order valence-electron chi connectivity index (χ2n) is 7.66. The number of nitrogens with zero attached hydrogens (tertiary/aromatic N) is 6. The highest BCUT2D eigenvalue weighted by Crippen LogP contribution is 2.25. The molecule has 1 aromatic heterocycles. The predicted molar refractivity (Wildman–Crippen MR) is 117 cm³/mol. The molecule has 0 spiro atoms. The first-order valence-electron chi connectivity index (χ1n) is 10.1. The van der Waals surface area contributed by atoms with Gasteiger partial charge in [0.2, 0.25) is 5.95 Å². The van der Waals surface area contributed by atoms with E-state index in [1.165, 1.54) is 31.4 Å². The fourth-order valence-electron chi connectivity index (χ4n) is 3.68. The number of aromatic nitrogens is 2. The van der Waals surface area contributed by atoms with Crippen molar-refractivity contribution in [3.8, 4) is 0 Å². The molecule has 0 amide bonds. The summed E-state index contributed by atoms with van der Waals surface area (Å²) in [4.78, 5) is 16.2.